The molecule has 3 nitrogen and oxygen atoms in total. The predicted octanol–water partition coefficient (Wildman–Crippen LogP) is 3.58. The fourth-order valence-corrected chi connectivity index (χ4v) is 3.17. The Morgan fingerprint density at radius 3 is 2.47 bits per heavy atom. The molecular formula is C15H27N3S. The van der Waals surface area contributed by atoms with E-state index in [1.54, 1.807) is 0 Å². The number of hydrogen-bond donors (Lipinski definition) is 1. The van der Waals surface area contributed by atoms with Crippen LogP contribution >= 0.6 is 12.2 Å². The van der Waals surface area contributed by atoms with Gasteiger partial charge in [0.25, 0.3) is 0 Å². The van der Waals surface area contributed by atoms with Gasteiger partial charge in [-0.2, -0.15) is 0 Å². The Bertz CT molecular complexity index is 458. The summed E-state index contributed by atoms with van der Waals surface area (Å²) in [7, 11) is 0. The molecule has 1 N–H and O–H groups in total. The lowest BCUT2D eigenvalue weighted by Crippen LogP contribution is -2.35. The standard InChI is InChI=1S/C15H27N3S/c1-5-17-8-6-12(7-9-17)11-18-13(15(2,3)4)10-16-14(18)19/h10,12H,5-9,11H2,1-4H3,(H,16,19). The third-order valence-corrected chi connectivity index (χ3v) is 4.57. The van der Waals surface area contributed by atoms with Gasteiger partial charge in [-0.15, -0.1) is 0 Å². The van der Waals surface area contributed by atoms with E-state index in [1.807, 2.05) is 0 Å². The minimum atomic E-state index is 0.150. The number of nitrogens with one attached hydrogen (secondary N) is 1. The normalized spacial score (nSPS) is 18.9. The highest BCUT2D eigenvalue weighted by molar-refractivity contribution is 7.71. The molecule has 1 aromatic heterocycles. The van der Waals surface area contributed by atoms with Gasteiger partial charge in [-0.3, -0.25) is 0 Å². The summed E-state index contributed by atoms with van der Waals surface area (Å²) in [6.45, 7) is 13.7. The van der Waals surface area contributed by atoms with E-state index < -0.39 is 0 Å². The average Bonchev–Trinajstić information content (AvgIpc) is 2.72. The van der Waals surface area contributed by atoms with Crippen molar-refractivity contribution in [3.63, 3.8) is 0 Å². The smallest absolute Gasteiger partial charge is 0.177 e. The zero-order chi connectivity index (χ0) is 14.0. The summed E-state index contributed by atoms with van der Waals surface area (Å²) >= 11 is 5.45. The van der Waals surface area contributed by atoms with Gasteiger partial charge in [0.2, 0.25) is 0 Å². The molecule has 0 aromatic carbocycles. The quantitative estimate of drug-likeness (QED) is 0.856. The van der Waals surface area contributed by atoms with E-state index >= 15 is 0 Å². The first-order valence-electron chi connectivity index (χ1n) is 7.43. The Balaban J connectivity index is 2.08. The lowest BCUT2D eigenvalue weighted by Gasteiger charge is -2.32. The van der Waals surface area contributed by atoms with Gasteiger partial charge >= 0.3 is 0 Å². The molecule has 108 valence electrons. The maximum Gasteiger partial charge on any atom is 0.177 e. The summed E-state index contributed by atoms with van der Waals surface area (Å²) < 4.78 is 3.20. The second-order valence-electron chi connectivity index (χ2n) is 6.72. The third-order valence-electron chi connectivity index (χ3n) is 4.23. The average molecular weight is 281 g/mol. The van der Waals surface area contributed by atoms with Crippen molar-refractivity contribution in [2.75, 3.05) is 19.6 Å². The second kappa shape index (κ2) is 5.80. The number of aromatic amines is 1. The summed E-state index contributed by atoms with van der Waals surface area (Å²) in [5, 5.41) is 0. The van der Waals surface area contributed by atoms with Crippen LogP contribution in [0, 0.1) is 10.7 Å². The van der Waals surface area contributed by atoms with Crippen LogP contribution in [-0.2, 0) is 12.0 Å². The van der Waals surface area contributed by atoms with Crippen molar-refractivity contribution in [3.05, 3.63) is 16.7 Å². The summed E-state index contributed by atoms with van der Waals surface area (Å²) in [5.74, 6) is 0.770. The first-order chi connectivity index (χ1) is 8.91. The number of aromatic nitrogens is 2. The molecule has 0 saturated carbocycles. The maximum absolute atomic E-state index is 5.45. The lowest BCUT2D eigenvalue weighted by atomic mass is 9.91. The van der Waals surface area contributed by atoms with Crippen LogP contribution in [0.3, 0.4) is 0 Å². The molecule has 1 aromatic rings. The van der Waals surface area contributed by atoms with Crippen molar-refractivity contribution in [2.45, 2.75) is 52.5 Å². The van der Waals surface area contributed by atoms with Gasteiger partial charge in [-0.05, 0) is 50.6 Å². The van der Waals surface area contributed by atoms with Crippen LogP contribution in [0.15, 0.2) is 6.20 Å². The van der Waals surface area contributed by atoms with Crippen molar-refractivity contribution in [3.8, 4) is 0 Å². The SMILES string of the molecule is CCN1CCC(Cn2c(C(C)(C)C)c[nH]c2=S)CC1. The van der Waals surface area contributed by atoms with Crippen molar-refractivity contribution in [2.24, 2.45) is 5.92 Å². The summed E-state index contributed by atoms with van der Waals surface area (Å²) in [5.41, 5.74) is 1.48. The molecule has 2 rings (SSSR count). The van der Waals surface area contributed by atoms with Crippen LogP contribution in [0.25, 0.3) is 0 Å². The van der Waals surface area contributed by atoms with Crippen molar-refractivity contribution in [1.82, 2.24) is 14.5 Å². The Morgan fingerprint density at radius 1 is 1.32 bits per heavy atom. The number of nitrogens with zero attached hydrogens (tertiary/aromatic N) is 2. The molecule has 0 spiro atoms. The Morgan fingerprint density at radius 2 is 1.95 bits per heavy atom. The number of rotatable bonds is 3. The molecule has 19 heavy (non-hydrogen) atoms. The van der Waals surface area contributed by atoms with Crippen molar-refractivity contribution < 1.29 is 0 Å². The van der Waals surface area contributed by atoms with Crippen molar-refractivity contribution in [1.29, 1.82) is 0 Å². The van der Waals surface area contributed by atoms with Gasteiger partial charge in [0.15, 0.2) is 4.77 Å². The topological polar surface area (TPSA) is 24.0 Å². The Kier molecular flexibility index (Phi) is 4.51. The van der Waals surface area contributed by atoms with Gasteiger partial charge in [0.1, 0.15) is 0 Å². The summed E-state index contributed by atoms with van der Waals surface area (Å²) in [4.78, 5) is 5.76. The van der Waals surface area contributed by atoms with E-state index in [0.717, 1.165) is 17.2 Å². The molecular weight excluding hydrogens is 254 g/mol. The fourth-order valence-electron chi connectivity index (χ4n) is 2.94. The Labute approximate surface area is 122 Å². The van der Waals surface area contributed by atoms with Gasteiger partial charge in [0, 0.05) is 23.9 Å². The highest BCUT2D eigenvalue weighted by Gasteiger charge is 2.23. The third kappa shape index (κ3) is 3.48. The van der Waals surface area contributed by atoms with Crippen LogP contribution < -0.4 is 0 Å². The lowest BCUT2D eigenvalue weighted by molar-refractivity contribution is 0.179. The predicted molar refractivity (Wildman–Crippen MR) is 83.2 cm³/mol. The monoisotopic (exact) mass is 281 g/mol. The molecule has 0 bridgehead atoms. The summed E-state index contributed by atoms with van der Waals surface area (Å²) in [6, 6.07) is 0. The van der Waals surface area contributed by atoms with Gasteiger partial charge in [0.05, 0.1) is 0 Å². The molecule has 2 heterocycles. The first-order valence-corrected chi connectivity index (χ1v) is 7.83. The molecule has 4 heteroatoms. The number of piperidine rings is 1. The van der Waals surface area contributed by atoms with E-state index in [-0.39, 0.29) is 5.41 Å². The molecule has 1 fully saturated rings. The van der Waals surface area contributed by atoms with E-state index in [4.69, 9.17) is 12.2 Å². The molecule has 0 atom stereocenters. The largest absolute Gasteiger partial charge is 0.337 e. The number of likely N-dealkylation sites (tertiary alicyclic amines) is 1. The number of hydrogen-bond acceptors (Lipinski definition) is 2. The highest BCUT2D eigenvalue weighted by Crippen LogP contribution is 2.25. The van der Waals surface area contributed by atoms with E-state index in [9.17, 15) is 0 Å². The number of imidazole rings is 1. The Hall–Kier alpha value is -0.610. The van der Waals surface area contributed by atoms with Crippen LogP contribution in [0.1, 0.15) is 46.2 Å². The zero-order valence-electron chi connectivity index (χ0n) is 12.7. The summed E-state index contributed by atoms with van der Waals surface area (Å²) in [6.07, 6.45) is 4.68. The second-order valence-corrected chi connectivity index (χ2v) is 7.10. The van der Waals surface area contributed by atoms with Crippen LogP contribution in [-0.4, -0.2) is 34.1 Å². The minimum absolute atomic E-state index is 0.150. The van der Waals surface area contributed by atoms with Crippen LogP contribution in [0.5, 0.6) is 0 Å². The maximum atomic E-state index is 5.45. The molecule has 0 aliphatic carbocycles. The molecule has 0 amide bonds. The molecule has 1 saturated heterocycles. The molecule has 1 aliphatic rings. The molecule has 0 unspecified atom stereocenters. The molecule has 0 radical (unpaired) electrons. The van der Waals surface area contributed by atoms with Crippen molar-refractivity contribution >= 4 is 12.2 Å². The zero-order valence-corrected chi connectivity index (χ0v) is 13.5. The van der Waals surface area contributed by atoms with Crippen LogP contribution in [0.2, 0.25) is 0 Å². The van der Waals surface area contributed by atoms with Gasteiger partial charge in [-0.1, -0.05) is 27.7 Å². The number of H-pyrrole nitrogens is 1. The van der Waals surface area contributed by atoms with E-state index in [2.05, 4.69) is 48.3 Å². The first kappa shape index (κ1) is 14.8. The van der Waals surface area contributed by atoms with E-state index in [1.165, 1.54) is 38.2 Å². The van der Waals surface area contributed by atoms with Crippen LogP contribution in [0.4, 0.5) is 0 Å². The minimum Gasteiger partial charge on any atom is -0.337 e. The van der Waals surface area contributed by atoms with Gasteiger partial charge in [-0.25, -0.2) is 0 Å². The fraction of sp³-hybridized carbons (Fsp3) is 0.800. The highest BCUT2D eigenvalue weighted by atomic mass is 32.1. The van der Waals surface area contributed by atoms with E-state index in [0.29, 0.717) is 0 Å². The van der Waals surface area contributed by atoms with Gasteiger partial charge < -0.3 is 14.5 Å². The molecule has 1 aliphatic heterocycles.